The number of benzene rings is 1. The second kappa shape index (κ2) is 4.45. The fraction of sp³-hybridized carbons (Fsp3) is 0.471. The summed E-state index contributed by atoms with van der Waals surface area (Å²) in [5, 5.41) is 0. The summed E-state index contributed by atoms with van der Waals surface area (Å²) in [4.78, 5) is 6.92. The lowest BCUT2D eigenvalue weighted by molar-refractivity contribution is 0.137. The summed E-state index contributed by atoms with van der Waals surface area (Å²) in [6, 6.07) is 7.75. The average molecular weight is 268 g/mol. The molecule has 1 aromatic heterocycles. The maximum atomic E-state index is 5.67. The van der Waals surface area contributed by atoms with Crippen molar-refractivity contribution in [1.82, 2.24) is 9.88 Å². The molecule has 4 rings (SSSR count). The highest BCUT2D eigenvalue weighted by Crippen LogP contribution is 2.36. The van der Waals surface area contributed by atoms with Crippen molar-refractivity contribution in [3.05, 3.63) is 35.7 Å². The molecule has 0 amide bonds. The van der Waals surface area contributed by atoms with E-state index in [2.05, 4.69) is 41.2 Å². The Bertz CT molecular complexity index is 685. The predicted octanol–water partition coefficient (Wildman–Crippen LogP) is 3.78. The number of piperidine rings is 1. The summed E-state index contributed by atoms with van der Waals surface area (Å²) in [5.41, 5.74) is 4.65. The minimum atomic E-state index is 0.615. The van der Waals surface area contributed by atoms with Gasteiger partial charge in [0.1, 0.15) is 5.52 Å². The Hall–Kier alpha value is -1.61. The first-order chi connectivity index (χ1) is 9.70. The van der Waals surface area contributed by atoms with Crippen molar-refractivity contribution in [2.24, 2.45) is 0 Å². The number of likely N-dealkylation sites (N-methyl/N-ethyl adjacent to an activating group) is 1. The van der Waals surface area contributed by atoms with Crippen LogP contribution in [0.2, 0.25) is 0 Å². The first kappa shape index (κ1) is 12.2. The van der Waals surface area contributed by atoms with Crippen molar-refractivity contribution in [2.45, 2.75) is 44.7 Å². The summed E-state index contributed by atoms with van der Waals surface area (Å²) in [5.74, 6) is 0.742. The highest BCUT2D eigenvalue weighted by molar-refractivity contribution is 5.79. The molecule has 0 aliphatic carbocycles. The largest absolute Gasteiger partial charge is 0.441 e. The van der Waals surface area contributed by atoms with Crippen molar-refractivity contribution >= 4 is 16.7 Å². The molecule has 2 aromatic rings. The molecule has 2 bridgehead atoms. The molecule has 3 heterocycles. The number of oxazole rings is 1. The van der Waals surface area contributed by atoms with E-state index in [9.17, 15) is 0 Å². The Morgan fingerprint density at radius 1 is 1.30 bits per heavy atom. The molecule has 1 fully saturated rings. The third-order valence-electron chi connectivity index (χ3n) is 4.85. The van der Waals surface area contributed by atoms with Crippen LogP contribution in [0.5, 0.6) is 0 Å². The van der Waals surface area contributed by atoms with Gasteiger partial charge in [-0.3, -0.25) is 4.90 Å². The summed E-state index contributed by atoms with van der Waals surface area (Å²) in [6.45, 7) is 1.90. The van der Waals surface area contributed by atoms with Crippen LogP contribution < -0.4 is 0 Å². The van der Waals surface area contributed by atoms with E-state index in [1.807, 2.05) is 6.92 Å². The van der Waals surface area contributed by atoms with Gasteiger partial charge in [0, 0.05) is 19.0 Å². The molecule has 3 heteroatoms. The molecule has 1 saturated heterocycles. The Morgan fingerprint density at radius 2 is 2.20 bits per heavy atom. The zero-order valence-corrected chi connectivity index (χ0v) is 12.1. The van der Waals surface area contributed by atoms with Crippen LogP contribution >= 0.6 is 0 Å². The molecular formula is C17H20N2O. The Morgan fingerprint density at radius 3 is 3.05 bits per heavy atom. The molecule has 2 atom stereocenters. The van der Waals surface area contributed by atoms with Gasteiger partial charge >= 0.3 is 0 Å². The topological polar surface area (TPSA) is 29.3 Å². The van der Waals surface area contributed by atoms with Gasteiger partial charge in [0.25, 0.3) is 0 Å². The van der Waals surface area contributed by atoms with Gasteiger partial charge in [-0.15, -0.1) is 0 Å². The van der Waals surface area contributed by atoms with Crippen LogP contribution in [0, 0.1) is 6.92 Å². The Balaban J connectivity index is 1.75. The van der Waals surface area contributed by atoms with Gasteiger partial charge in [-0.25, -0.2) is 4.98 Å². The molecule has 0 N–H and O–H groups in total. The van der Waals surface area contributed by atoms with Crippen LogP contribution in [0.4, 0.5) is 0 Å². The molecular weight excluding hydrogens is 248 g/mol. The average Bonchev–Trinajstić information content (AvgIpc) is 2.77. The summed E-state index contributed by atoms with van der Waals surface area (Å²) in [6.07, 6.45) is 7.60. The molecule has 2 aliphatic rings. The number of hydrogen-bond acceptors (Lipinski definition) is 3. The van der Waals surface area contributed by atoms with Crippen molar-refractivity contribution < 1.29 is 4.42 Å². The fourth-order valence-electron chi connectivity index (χ4n) is 3.70. The standard InChI is InChI=1S/C17H20N2O/c1-11-18-16-7-6-12(10-17(16)20-11)13-8-14-4-3-5-15(9-13)19(14)2/h6-8,10,14-15H,3-5,9H2,1-2H3. The van der Waals surface area contributed by atoms with Gasteiger partial charge in [-0.2, -0.15) is 0 Å². The van der Waals surface area contributed by atoms with Crippen molar-refractivity contribution in [3.8, 4) is 0 Å². The highest BCUT2D eigenvalue weighted by Gasteiger charge is 2.31. The Kier molecular flexibility index (Phi) is 2.71. The van der Waals surface area contributed by atoms with Crippen molar-refractivity contribution in [2.75, 3.05) is 7.05 Å². The van der Waals surface area contributed by atoms with Crippen molar-refractivity contribution in [3.63, 3.8) is 0 Å². The van der Waals surface area contributed by atoms with Crippen LogP contribution in [-0.2, 0) is 0 Å². The smallest absolute Gasteiger partial charge is 0.192 e. The quantitative estimate of drug-likeness (QED) is 0.788. The Labute approximate surface area is 119 Å². The number of fused-ring (bicyclic) bond motifs is 3. The summed E-state index contributed by atoms with van der Waals surface area (Å²) >= 11 is 0. The second-order valence-electron chi connectivity index (χ2n) is 6.13. The zero-order chi connectivity index (χ0) is 13.7. The summed E-state index contributed by atoms with van der Waals surface area (Å²) in [7, 11) is 2.27. The summed E-state index contributed by atoms with van der Waals surface area (Å²) < 4.78 is 5.67. The first-order valence-corrected chi connectivity index (χ1v) is 7.51. The molecule has 2 aliphatic heterocycles. The van der Waals surface area contributed by atoms with Gasteiger partial charge in [-0.1, -0.05) is 18.6 Å². The molecule has 2 unspecified atom stereocenters. The van der Waals surface area contributed by atoms with Crippen molar-refractivity contribution in [1.29, 1.82) is 0 Å². The van der Waals surface area contributed by atoms with Gasteiger partial charge in [0.05, 0.1) is 0 Å². The van der Waals surface area contributed by atoms with Gasteiger partial charge in [0.15, 0.2) is 11.5 Å². The number of aromatic nitrogens is 1. The van der Waals surface area contributed by atoms with E-state index in [1.54, 1.807) is 0 Å². The minimum Gasteiger partial charge on any atom is -0.441 e. The number of aryl methyl sites for hydroxylation is 1. The first-order valence-electron chi connectivity index (χ1n) is 7.51. The number of rotatable bonds is 1. The molecule has 0 saturated carbocycles. The van der Waals surface area contributed by atoms with E-state index in [0.29, 0.717) is 12.1 Å². The van der Waals surface area contributed by atoms with E-state index in [0.717, 1.165) is 23.4 Å². The van der Waals surface area contributed by atoms with E-state index in [-0.39, 0.29) is 0 Å². The second-order valence-corrected chi connectivity index (χ2v) is 6.13. The van der Waals surface area contributed by atoms with Gasteiger partial charge in [0.2, 0.25) is 0 Å². The lowest BCUT2D eigenvalue weighted by atomic mass is 9.83. The van der Waals surface area contributed by atoms with Crippen LogP contribution in [0.25, 0.3) is 16.7 Å². The van der Waals surface area contributed by atoms with E-state index in [4.69, 9.17) is 4.42 Å². The monoisotopic (exact) mass is 268 g/mol. The molecule has 1 aromatic carbocycles. The lowest BCUT2D eigenvalue weighted by Gasteiger charge is -2.42. The molecule has 0 radical (unpaired) electrons. The van der Waals surface area contributed by atoms with E-state index >= 15 is 0 Å². The van der Waals surface area contributed by atoms with E-state index in [1.165, 1.54) is 30.4 Å². The van der Waals surface area contributed by atoms with Crippen LogP contribution in [-0.4, -0.2) is 29.0 Å². The SMILES string of the molecule is Cc1nc2ccc(C3=CC4CCCC(C3)N4C)cc2o1. The normalized spacial score (nSPS) is 26.8. The van der Waals surface area contributed by atoms with Crippen LogP contribution in [0.3, 0.4) is 0 Å². The number of nitrogens with zero attached hydrogens (tertiary/aromatic N) is 2. The van der Waals surface area contributed by atoms with Gasteiger partial charge in [-0.05, 0) is 49.6 Å². The highest BCUT2D eigenvalue weighted by atomic mass is 16.3. The zero-order valence-electron chi connectivity index (χ0n) is 12.1. The lowest BCUT2D eigenvalue weighted by Crippen LogP contribution is -2.45. The van der Waals surface area contributed by atoms with Gasteiger partial charge < -0.3 is 4.42 Å². The third kappa shape index (κ3) is 1.88. The fourth-order valence-corrected chi connectivity index (χ4v) is 3.70. The number of hydrogen-bond donors (Lipinski definition) is 0. The predicted molar refractivity (Wildman–Crippen MR) is 80.5 cm³/mol. The van der Waals surface area contributed by atoms with Crippen LogP contribution in [0.15, 0.2) is 28.7 Å². The van der Waals surface area contributed by atoms with E-state index < -0.39 is 0 Å². The maximum absolute atomic E-state index is 5.67. The molecule has 3 nitrogen and oxygen atoms in total. The third-order valence-corrected chi connectivity index (χ3v) is 4.85. The maximum Gasteiger partial charge on any atom is 0.192 e. The molecule has 104 valence electrons. The minimum absolute atomic E-state index is 0.615. The molecule has 20 heavy (non-hydrogen) atoms. The van der Waals surface area contributed by atoms with Crippen LogP contribution in [0.1, 0.15) is 37.1 Å². The molecule has 0 spiro atoms.